The summed E-state index contributed by atoms with van der Waals surface area (Å²) in [6.45, 7) is 4.28. The average Bonchev–Trinajstić information content (AvgIpc) is 3.31. The molecule has 0 fully saturated rings. The van der Waals surface area contributed by atoms with Gasteiger partial charge < -0.3 is 0 Å². The highest BCUT2D eigenvalue weighted by atomic mass is 19.1. The number of pyridine rings is 1. The van der Waals surface area contributed by atoms with Gasteiger partial charge in [-0.05, 0) is 84.8 Å². The van der Waals surface area contributed by atoms with E-state index in [9.17, 15) is 9.18 Å². The number of amides is 1. The lowest BCUT2D eigenvalue weighted by molar-refractivity contribution is 0.0978. The predicted octanol–water partition coefficient (Wildman–Crippen LogP) is 4.82. The fourth-order valence-electron chi connectivity index (χ4n) is 4.22. The van der Waals surface area contributed by atoms with Crippen molar-refractivity contribution in [2.24, 2.45) is 0 Å². The highest BCUT2D eigenvalue weighted by Gasteiger charge is 2.29. The number of nitrogens with zero attached hydrogens (tertiary/aromatic N) is 4. The monoisotopic (exact) mass is 426 g/mol. The molecule has 3 heterocycles. The molecule has 160 valence electrons. The van der Waals surface area contributed by atoms with Crippen molar-refractivity contribution in [2.75, 3.05) is 11.4 Å². The van der Waals surface area contributed by atoms with Gasteiger partial charge in [-0.25, -0.2) is 14.1 Å². The van der Waals surface area contributed by atoms with Gasteiger partial charge in [0.1, 0.15) is 0 Å². The van der Waals surface area contributed by atoms with E-state index < -0.39 is 5.82 Å². The van der Waals surface area contributed by atoms with Gasteiger partial charge in [0, 0.05) is 30.7 Å². The summed E-state index contributed by atoms with van der Waals surface area (Å²) in [6.07, 6.45) is 6.64. The topological polar surface area (TPSA) is 51.0 Å². The summed E-state index contributed by atoms with van der Waals surface area (Å²) in [6, 6.07) is 15.6. The number of fused-ring (bicyclic) bond motifs is 1. The molecule has 0 aliphatic carbocycles. The Labute approximate surface area is 186 Å². The number of benzene rings is 2. The van der Waals surface area contributed by atoms with E-state index >= 15 is 0 Å². The number of aromatic nitrogens is 3. The largest absolute Gasteiger partial charge is 0.290 e. The smallest absolute Gasteiger partial charge is 0.259 e. The van der Waals surface area contributed by atoms with Crippen LogP contribution in [0.25, 0.3) is 5.69 Å². The molecule has 4 aromatic rings. The molecule has 2 aromatic heterocycles. The van der Waals surface area contributed by atoms with Crippen LogP contribution in [0, 0.1) is 19.7 Å². The second kappa shape index (κ2) is 8.04. The zero-order valence-electron chi connectivity index (χ0n) is 18.0. The van der Waals surface area contributed by atoms with E-state index in [-0.39, 0.29) is 11.7 Å². The first-order chi connectivity index (χ1) is 15.5. The summed E-state index contributed by atoms with van der Waals surface area (Å²) in [5, 5.41) is 4.26. The van der Waals surface area contributed by atoms with Crippen LogP contribution in [0.4, 0.5) is 10.2 Å². The van der Waals surface area contributed by atoms with E-state index in [1.165, 1.54) is 11.0 Å². The molecular formula is C26H23FN4O. The first kappa shape index (κ1) is 20.1. The minimum Gasteiger partial charge on any atom is -0.290 e. The maximum atomic E-state index is 14.5. The lowest BCUT2D eigenvalue weighted by atomic mass is 9.91. The van der Waals surface area contributed by atoms with Gasteiger partial charge in [-0.3, -0.25) is 9.69 Å². The van der Waals surface area contributed by atoms with Crippen LogP contribution in [0.5, 0.6) is 0 Å². The maximum absolute atomic E-state index is 14.5. The summed E-state index contributed by atoms with van der Waals surface area (Å²) in [4.78, 5) is 18.9. The van der Waals surface area contributed by atoms with Crippen LogP contribution >= 0.6 is 0 Å². The second-order valence-corrected chi connectivity index (χ2v) is 8.25. The Hall–Kier alpha value is -3.80. The lowest BCUT2D eigenvalue weighted by Gasteiger charge is -2.29. The zero-order valence-corrected chi connectivity index (χ0v) is 18.0. The average molecular weight is 426 g/mol. The van der Waals surface area contributed by atoms with Crippen LogP contribution in [0.2, 0.25) is 0 Å². The molecule has 0 atom stereocenters. The van der Waals surface area contributed by atoms with Crippen LogP contribution in [0.3, 0.4) is 0 Å². The van der Waals surface area contributed by atoms with Crippen LogP contribution in [-0.2, 0) is 12.8 Å². The molecule has 1 amide bonds. The summed E-state index contributed by atoms with van der Waals surface area (Å²) >= 11 is 0. The Kier molecular flexibility index (Phi) is 5.05. The van der Waals surface area contributed by atoms with E-state index in [4.69, 9.17) is 0 Å². The summed E-state index contributed by atoms with van der Waals surface area (Å²) in [7, 11) is 0. The third-order valence-corrected chi connectivity index (χ3v) is 5.96. The molecule has 0 bridgehead atoms. The van der Waals surface area contributed by atoms with Gasteiger partial charge >= 0.3 is 0 Å². The third kappa shape index (κ3) is 3.68. The summed E-state index contributed by atoms with van der Waals surface area (Å²) in [5.41, 5.74) is 6.76. The maximum Gasteiger partial charge on any atom is 0.259 e. The molecule has 1 aliphatic rings. The van der Waals surface area contributed by atoms with E-state index in [1.807, 2.05) is 35.1 Å². The molecule has 0 N–H and O–H groups in total. The molecule has 0 radical (unpaired) electrons. The molecular weight excluding hydrogens is 403 g/mol. The number of anilines is 1. The van der Waals surface area contributed by atoms with Crippen molar-refractivity contribution in [3.63, 3.8) is 0 Å². The Morgan fingerprint density at radius 1 is 1.09 bits per heavy atom. The van der Waals surface area contributed by atoms with Gasteiger partial charge in [0.25, 0.3) is 5.91 Å². The van der Waals surface area contributed by atoms with Crippen LogP contribution in [-0.4, -0.2) is 27.2 Å². The quantitative estimate of drug-likeness (QED) is 0.470. The van der Waals surface area contributed by atoms with Crippen LogP contribution in [0.1, 0.15) is 38.2 Å². The van der Waals surface area contributed by atoms with Crippen molar-refractivity contribution >= 4 is 11.7 Å². The van der Waals surface area contributed by atoms with Crippen molar-refractivity contribution in [1.29, 1.82) is 0 Å². The standard InChI is InChI=1S/C26H23FN4O/c1-17-12-24(27)25(28-16-17)30-11-8-20-13-18(2)21(15-23(20)26(30)32)14-19-4-6-22(7-5-19)31-10-3-9-29-31/h3-7,9-10,12-13,15-16H,8,11,14H2,1-2H3. The molecule has 5 rings (SSSR count). The molecule has 1 aliphatic heterocycles. The number of aryl methyl sites for hydroxylation is 2. The normalized spacial score (nSPS) is 13.3. The number of carbonyl (C=O) groups excluding carboxylic acids is 1. The fraction of sp³-hybridized carbons (Fsp3) is 0.192. The predicted molar refractivity (Wildman–Crippen MR) is 122 cm³/mol. The fourth-order valence-corrected chi connectivity index (χ4v) is 4.22. The van der Waals surface area contributed by atoms with Crippen LogP contribution in [0.15, 0.2) is 67.1 Å². The van der Waals surface area contributed by atoms with Crippen molar-refractivity contribution < 1.29 is 9.18 Å². The Morgan fingerprint density at radius 3 is 2.62 bits per heavy atom. The number of halogens is 1. The molecule has 32 heavy (non-hydrogen) atoms. The highest BCUT2D eigenvalue weighted by molar-refractivity contribution is 6.08. The molecule has 0 saturated carbocycles. The van der Waals surface area contributed by atoms with Gasteiger partial charge in [-0.2, -0.15) is 5.10 Å². The van der Waals surface area contributed by atoms with Crippen LogP contribution < -0.4 is 4.90 Å². The van der Waals surface area contributed by atoms with Gasteiger partial charge in [0.2, 0.25) is 0 Å². The van der Waals surface area contributed by atoms with Gasteiger partial charge in [0.15, 0.2) is 11.6 Å². The number of hydrogen-bond acceptors (Lipinski definition) is 3. The molecule has 5 nitrogen and oxygen atoms in total. The highest BCUT2D eigenvalue weighted by Crippen LogP contribution is 2.28. The zero-order chi connectivity index (χ0) is 22.2. The van der Waals surface area contributed by atoms with E-state index in [2.05, 4.69) is 35.2 Å². The first-order valence-electron chi connectivity index (χ1n) is 10.6. The van der Waals surface area contributed by atoms with E-state index in [0.717, 1.165) is 33.5 Å². The van der Waals surface area contributed by atoms with Gasteiger partial charge in [-0.1, -0.05) is 18.2 Å². The molecule has 0 saturated heterocycles. The minimum atomic E-state index is -0.466. The number of hydrogen-bond donors (Lipinski definition) is 0. The summed E-state index contributed by atoms with van der Waals surface area (Å²) < 4.78 is 16.3. The lowest BCUT2D eigenvalue weighted by Crippen LogP contribution is -2.39. The van der Waals surface area contributed by atoms with Crippen molar-refractivity contribution in [1.82, 2.24) is 14.8 Å². The van der Waals surface area contributed by atoms with Gasteiger partial charge in [0.05, 0.1) is 5.69 Å². The second-order valence-electron chi connectivity index (χ2n) is 8.25. The molecule has 2 aromatic carbocycles. The van der Waals surface area contributed by atoms with Crippen molar-refractivity contribution in [2.45, 2.75) is 26.7 Å². The number of rotatable bonds is 4. The molecule has 0 unspecified atom stereocenters. The first-order valence-corrected chi connectivity index (χ1v) is 10.6. The summed E-state index contributed by atoms with van der Waals surface area (Å²) in [5.74, 6) is -0.564. The number of carbonyl (C=O) groups is 1. The Morgan fingerprint density at radius 2 is 1.91 bits per heavy atom. The Balaban J connectivity index is 1.43. The van der Waals surface area contributed by atoms with E-state index in [1.54, 1.807) is 19.3 Å². The van der Waals surface area contributed by atoms with Crippen molar-refractivity contribution in [3.05, 3.63) is 106 Å². The Bertz CT molecular complexity index is 1300. The molecule has 0 spiro atoms. The third-order valence-electron chi connectivity index (χ3n) is 5.96. The van der Waals surface area contributed by atoms with E-state index in [0.29, 0.717) is 24.9 Å². The molecule has 6 heteroatoms. The minimum absolute atomic E-state index is 0.0996. The SMILES string of the molecule is Cc1cnc(N2CCc3cc(C)c(Cc4ccc(-n5cccn5)cc4)cc3C2=O)c(F)c1. The van der Waals surface area contributed by atoms with Crippen molar-refractivity contribution in [3.8, 4) is 5.69 Å². The van der Waals surface area contributed by atoms with Gasteiger partial charge in [-0.15, -0.1) is 0 Å².